The number of hydrogen-bond donors (Lipinski definition) is 1. The SMILES string of the molecule is CCCC[C@]1(O)CCCc2ccccc21. The van der Waals surface area contributed by atoms with Gasteiger partial charge in [-0.15, -0.1) is 0 Å². The molecule has 15 heavy (non-hydrogen) atoms. The average molecular weight is 204 g/mol. The van der Waals surface area contributed by atoms with Gasteiger partial charge in [0, 0.05) is 0 Å². The molecule has 0 bridgehead atoms. The molecule has 1 atom stereocenters. The van der Waals surface area contributed by atoms with Crippen molar-refractivity contribution in [3.8, 4) is 0 Å². The second-order valence-electron chi connectivity index (χ2n) is 4.65. The molecule has 1 aliphatic carbocycles. The summed E-state index contributed by atoms with van der Waals surface area (Å²) in [6.45, 7) is 2.18. The predicted molar refractivity (Wildman–Crippen MR) is 62.8 cm³/mol. The van der Waals surface area contributed by atoms with Gasteiger partial charge in [-0.1, -0.05) is 44.0 Å². The molecule has 1 aliphatic rings. The molecule has 0 amide bonds. The van der Waals surface area contributed by atoms with Crippen molar-refractivity contribution < 1.29 is 5.11 Å². The molecule has 82 valence electrons. The standard InChI is InChI=1S/C14H20O/c1-2-3-10-14(15)11-6-8-12-7-4-5-9-13(12)14/h4-5,7,9,15H,2-3,6,8,10-11H2,1H3/t14-/m0/s1. The molecule has 1 heteroatoms. The monoisotopic (exact) mass is 204 g/mol. The molecule has 1 aromatic carbocycles. The topological polar surface area (TPSA) is 20.2 Å². The lowest BCUT2D eigenvalue weighted by molar-refractivity contribution is 0.00799. The zero-order valence-electron chi connectivity index (χ0n) is 9.50. The van der Waals surface area contributed by atoms with Crippen LogP contribution in [0.2, 0.25) is 0 Å². The van der Waals surface area contributed by atoms with Crippen LogP contribution in [0.4, 0.5) is 0 Å². The first-order chi connectivity index (χ1) is 7.26. The largest absolute Gasteiger partial charge is 0.385 e. The molecule has 0 heterocycles. The van der Waals surface area contributed by atoms with Crippen molar-refractivity contribution >= 4 is 0 Å². The second-order valence-corrected chi connectivity index (χ2v) is 4.65. The Kier molecular flexibility index (Phi) is 3.11. The number of fused-ring (bicyclic) bond motifs is 1. The summed E-state index contributed by atoms with van der Waals surface area (Å²) in [4.78, 5) is 0. The van der Waals surface area contributed by atoms with Crippen LogP contribution in [0.5, 0.6) is 0 Å². The molecule has 0 saturated carbocycles. The third-order valence-electron chi connectivity index (χ3n) is 3.50. The van der Waals surface area contributed by atoms with Crippen molar-refractivity contribution in [2.24, 2.45) is 0 Å². The third kappa shape index (κ3) is 2.07. The van der Waals surface area contributed by atoms with Gasteiger partial charge >= 0.3 is 0 Å². The van der Waals surface area contributed by atoms with E-state index in [1.54, 1.807) is 0 Å². The van der Waals surface area contributed by atoms with Crippen molar-refractivity contribution in [3.63, 3.8) is 0 Å². The Morgan fingerprint density at radius 1 is 1.33 bits per heavy atom. The quantitative estimate of drug-likeness (QED) is 0.800. The molecule has 0 unspecified atom stereocenters. The van der Waals surface area contributed by atoms with Crippen molar-refractivity contribution in [1.82, 2.24) is 0 Å². The number of aliphatic hydroxyl groups is 1. The Morgan fingerprint density at radius 3 is 2.93 bits per heavy atom. The number of rotatable bonds is 3. The summed E-state index contributed by atoms with van der Waals surface area (Å²) in [5, 5.41) is 10.7. The Hall–Kier alpha value is -0.820. The molecule has 2 rings (SSSR count). The van der Waals surface area contributed by atoms with E-state index in [2.05, 4.69) is 25.1 Å². The maximum absolute atomic E-state index is 10.7. The fourth-order valence-corrected chi connectivity index (χ4v) is 2.63. The van der Waals surface area contributed by atoms with E-state index in [9.17, 15) is 5.11 Å². The highest BCUT2D eigenvalue weighted by Gasteiger charge is 2.32. The van der Waals surface area contributed by atoms with Crippen LogP contribution in [0, 0.1) is 0 Å². The zero-order chi connectivity index (χ0) is 10.7. The Bertz CT molecular complexity index is 332. The first kappa shape index (κ1) is 10.7. The summed E-state index contributed by atoms with van der Waals surface area (Å²) >= 11 is 0. The van der Waals surface area contributed by atoms with Crippen molar-refractivity contribution in [1.29, 1.82) is 0 Å². The molecule has 0 spiro atoms. The summed E-state index contributed by atoms with van der Waals surface area (Å²) in [6.07, 6.45) is 6.38. The lowest BCUT2D eigenvalue weighted by atomic mass is 9.76. The van der Waals surface area contributed by atoms with Gasteiger partial charge in [-0.2, -0.15) is 0 Å². The highest BCUT2D eigenvalue weighted by molar-refractivity contribution is 5.34. The van der Waals surface area contributed by atoms with Crippen LogP contribution < -0.4 is 0 Å². The van der Waals surface area contributed by atoms with Gasteiger partial charge in [0.25, 0.3) is 0 Å². The highest BCUT2D eigenvalue weighted by atomic mass is 16.3. The predicted octanol–water partition coefficient (Wildman–Crippen LogP) is 3.40. The lowest BCUT2D eigenvalue weighted by Crippen LogP contribution is -2.30. The van der Waals surface area contributed by atoms with Crippen LogP contribution in [0.3, 0.4) is 0 Å². The first-order valence-corrected chi connectivity index (χ1v) is 6.07. The van der Waals surface area contributed by atoms with Crippen LogP contribution in [0.1, 0.15) is 50.2 Å². The molecule has 1 aromatic rings. The molecular formula is C14H20O. The van der Waals surface area contributed by atoms with E-state index in [1.807, 2.05) is 6.07 Å². The zero-order valence-corrected chi connectivity index (χ0v) is 9.50. The van der Waals surface area contributed by atoms with Crippen LogP contribution in [0.15, 0.2) is 24.3 Å². The van der Waals surface area contributed by atoms with Gasteiger partial charge in [0.05, 0.1) is 5.60 Å². The Labute approximate surface area is 92.1 Å². The molecule has 1 N–H and O–H groups in total. The second kappa shape index (κ2) is 4.36. The number of benzene rings is 1. The summed E-state index contributed by atoms with van der Waals surface area (Å²) in [5.74, 6) is 0. The van der Waals surface area contributed by atoms with Crippen molar-refractivity contribution in [3.05, 3.63) is 35.4 Å². The van der Waals surface area contributed by atoms with Crippen LogP contribution in [-0.4, -0.2) is 5.11 Å². The van der Waals surface area contributed by atoms with Gasteiger partial charge in [0.2, 0.25) is 0 Å². The van der Waals surface area contributed by atoms with Gasteiger partial charge in [0.1, 0.15) is 0 Å². The summed E-state index contributed by atoms with van der Waals surface area (Å²) < 4.78 is 0. The van der Waals surface area contributed by atoms with Gasteiger partial charge < -0.3 is 5.11 Å². The van der Waals surface area contributed by atoms with E-state index >= 15 is 0 Å². The molecule has 0 aliphatic heterocycles. The minimum Gasteiger partial charge on any atom is -0.385 e. The van der Waals surface area contributed by atoms with Crippen molar-refractivity contribution in [2.45, 2.75) is 51.0 Å². The Balaban J connectivity index is 2.27. The molecule has 0 radical (unpaired) electrons. The van der Waals surface area contributed by atoms with E-state index in [-0.39, 0.29) is 0 Å². The first-order valence-electron chi connectivity index (χ1n) is 6.07. The van der Waals surface area contributed by atoms with Gasteiger partial charge in [-0.25, -0.2) is 0 Å². The van der Waals surface area contributed by atoms with E-state index in [1.165, 1.54) is 11.1 Å². The average Bonchev–Trinajstić information content (AvgIpc) is 2.27. The molecule has 0 saturated heterocycles. The smallest absolute Gasteiger partial charge is 0.0899 e. The van der Waals surface area contributed by atoms with Gasteiger partial charge in [-0.05, 0) is 36.8 Å². The maximum atomic E-state index is 10.7. The number of hydrogen-bond acceptors (Lipinski definition) is 1. The molecule has 0 fully saturated rings. The maximum Gasteiger partial charge on any atom is 0.0899 e. The highest BCUT2D eigenvalue weighted by Crippen LogP contribution is 2.38. The van der Waals surface area contributed by atoms with E-state index in [0.29, 0.717) is 0 Å². The van der Waals surface area contributed by atoms with E-state index in [4.69, 9.17) is 0 Å². The minimum atomic E-state index is -0.537. The van der Waals surface area contributed by atoms with E-state index in [0.717, 1.165) is 38.5 Å². The van der Waals surface area contributed by atoms with Gasteiger partial charge in [0.15, 0.2) is 0 Å². The fourth-order valence-electron chi connectivity index (χ4n) is 2.63. The van der Waals surface area contributed by atoms with Crippen LogP contribution in [0.25, 0.3) is 0 Å². The fraction of sp³-hybridized carbons (Fsp3) is 0.571. The number of aryl methyl sites for hydroxylation is 1. The molecule has 1 nitrogen and oxygen atoms in total. The van der Waals surface area contributed by atoms with E-state index < -0.39 is 5.60 Å². The van der Waals surface area contributed by atoms with Gasteiger partial charge in [-0.3, -0.25) is 0 Å². The molecule has 0 aromatic heterocycles. The Morgan fingerprint density at radius 2 is 2.13 bits per heavy atom. The summed E-state index contributed by atoms with van der Waals surface area (Å²) in [5.41, 5.74) is 2.00. The lowest BCUT2D eigenvalue weighted by Gasteiger charge is -2.34. The number of unbranched alkanes of at least 4 members (excludes halogenated alkanes) is 1. The normalized spacial score (nSPS) is 24.9. The summed E-state index contributed by atoms with van der Waals surface area (Å²) in [7, 11) is 0. The minimum absolute atomic E-state index is 0.537. The summed E-state index contributed by atoms with van der Waals surface area (Å²) in [6, 6.07) is 8.38. The van der Waals surface area contributed by atoms with Crippen LogP contribution in [-0.2, 0) is 12.0 Å². The molecular weight excluding hydrogens is 184 g/mol. The van der Waals surface area contributed by atoms with Crippen molar-refractivity contribution in [2.75, 3.05) is 0 Å². The van der Waals surface area contributed by atoms with Crippen LogP contribution >= 0.6 is 0 Å². The third-order valence-corrected chi connectivity index (χ3v) is 3.50.